The Morgan fingerprint density at radius 2 is 0.795 bits per heavy atom. The van der Waals surface area contributed by atoms with Gasteiger partial charge in [0.15, 0.2) is 6.29 Å². The Morgan fingerprint density at radius 1 is 0.449 bits per heavy atom. The maximum absolute atomic E-state index is 13.1. The molecule has 1 aliphatic heterocycles. The van der Waals surface area contributed by atoms with E-state index in [0.29, 0.717) is 12.8 Å². The maximum atomic E-state index is 13.1. The summed E-state index contributed by atoms with van der Waals surface area (Å²) >= 11 is 0. The molecule has 1 saturated heterocycles. The molecule has 1 aliphatic rings. The van der Waals surface area contributed by atoms with Gasteiger partial charge in [0.05, 0.1) is 25.4 Å². The minimum absolute atomic E-state index is 0.149. The summed E-state index contributed by atoms with van der Waals surface area (Å²) in [6, 6.07) is -0.734. The predicted octanol–water partition coefficient (Wildman–Crippen LogP) is 16.5. The average Bonchev–Trinajstić information content (AvgIpc) is 3.46. The average molecular weight is 1090 g/mol. The van der Waals surface area contributed by atoms with Crippen LogP contribution >= 0.6 is 0 Å². The molecule has 0 aliphatic carbocycles. The number of allylic oxidation sites excluding steroid dienone is 22. The van der Waals surface area contributed by atoms with Gasteiger partial charge in [-0.3, -0.25) is 4.79 Å². The molecule has 6 N–H and O–H groups in total. The molecule has 0 spiro atoms. The van der Waals surface area contributed by atoms with E-state index in [9.17, 15) is 30.3 Å². The molecule has 0 aromatic heterocycles. The lowest BCUT2D eigenvalue weighted by Gasteiger charge is -2.40. The largest absolute Gasteiger partial charge is 0.394 e. The van der Waals surface area contributed by atoms with Crippen LogP contribution in [0.4, 0.5) is 0 Å². The van der Waals surface area contributed by atoms with E-state index in [0.717, 1.165) is 122 Å². The number of rotatable bonds is 52. The second-order valence-electron chi connectivity index (χ2n) is 21.1. The molecule has 1 rings (SSSR count). The van der Waals surface area contributed by atoms with Gasteiger partial charge in [0, 0.05) is 6.42 Å². The van der Waals surface area contributed by atoms with Crippen LogP contribution in [0.5, 0.6) is 0 Å². The number of hydrogen-bond acceptors (Lipinski definition) is 8. The Kier molecular flexibility index (Phi) is 52.5. The number of hydrogen-bond donors (Lipinski definition) is 6. The van der Waals surface area contributed by atoms with Gasteiger partial charge in [0.25, 0.3) is 0 Å². The van der Waals surface area contributed by atoms with Crippen molar-refractivity contribution >= 4 is 5.91 Å². The van der Waals surface area contributed by atoms with Gasteiger partial charge in [-0.15, -0.1) is 0 Å². The number of aliphatic hydroxyl groups excluding tert-OH is 5. The van der Waals surface area contributed by atoms with Crippen LogP contribution in [0, 0.1) is 0 Å². The highest BCUT2D eigenvalue weighted by molar-refractivity contribution is 5.76. The topological polar surface area (TPSA) is 149 Å². The van der Waals surface area contributed by atoms with Gasteiger partial charge in [-0.2, -0.15) is 0 Å². The van der Waals surface area contributed by atoms with E-state index in [4.69, 9.17) is 9.47 Å². The second kappa shape index (κ2) is 56.6. The number of nitrogens with one attached hydrogen (secondary N) is 1. The van der Waals surface area contributed by atoms with Crippen molar-refractivity contribution in [1.29, 1.82) is 0 Å². The lowest BCUT2D eigenvalue weighted by molar-refractivity contribution is -0.302. The smallest absolute Gasteiger partial charge is 0.220 e. The molecular formula is C69H115NO8. The summed E-state index contributed by atoms with van der Waals surface area (Å²) in [5.74, 6) is -0.160. The van der Waals surface area contributed by atoms with Gasteiger partial charge in [0.2, 0.25) is 5.91 Å². The van der Waals surface area contributed by atoms with Crippen molar-refractivity contribution in [2.45, 2.75) is 281 Å². The molecule has 0 radical (unpaired) electrons. The zero-order valence-electron chi connectivity index (χ0n) is 49.4. The Morgan fingerprint density at radius 3 is 1.18 bits per heavy atom. The lowest BCUT2D eigenvalue weighted by atomic mass is 9.99. The molecule has 0 bridgehead atoms. The van der Waals surface area contributed by atoms with Crippen LogP contribution in [0.1, 0.15) is 239 Å². The van der Waals surface area contributed by atoms with Crippen molar-refractivity contribution < 1.29 is 39.8 Å². The van der Waals surface area contributed by atoms with Crippen molar-refractivity contribution in [2.75, 3.05) is 13.2 Å². The summed E-state index contributed by atoms with van der Waals surface area (Å²) in [5, 5.41) is 54.6. The lowest BCUT2D eigenvalue weighted by Crippen LogP contribution is -2.60. The first-order chi connectivity index (χ1) is 38.3. The van der Waals surface area contributed by atoms with Crippen molar-refractivity contribution in [1.82, 2.24) is 5.32 Å². The van der Waals surface area contributed by atoms with E-state index in [-0.39, 0.29) is 12.5 Å². The fourth-order valence-corrected chi connectivity index (χ4v) is 9.11. The second-order valence-corrected chi connectivity index (χ2v) is 21.1. The number of unbranched alkanes of at least 4 members (excludes halogenated alkanes) is 20. The quantitative estimate of drug-likeness (QED) is 0.0261. The molecule has 1 amide bonds. The Bertz CT molecular complexity index is 1690. The number of carbonyl (C=O) groups excluding carboxylic acids is 1. The number of amides is 1. The van der Waals surface area contributed by atoms with E-state index < -0.39 is 49.5 Å². The van der Waals surface area contributed by atoms with E-state index in [2.05, 4.69) is 153 Å². The monoisotopic (exact) mass is 1090 g/mol. The highest BCUT2D eigenvalue weighted by Crippen LogP contribution is 2.23. The first-order valence-electron chi connectivity index (χ1n) is 31.4. The molecule has 7 atom stereocenters. The highest BCUT2D eigenvalue weighted by Gasteiger charge is 2.44. The van der Waals surface area contributed by atoms with Gasteiger partial charge in [-0.1, -0.05) is 270 Å². The van der Waals surface area contributed by atoms with Gasteiger partial charge in [0.1, 0.15) is 24.4 Å². The molecule has 0 aromatic carbocycles. The molecule has 78 heavy (non-hydrogen) atoms. The molecule has 7 unspecified atom stereocenters. The molecule has 444 valence electrons. The van der Waals surface area contributed by atoms with Crippen LogP contribution in [0.25, 0.3) is 0 Å². The summed E-state index contributed by atoms with van der Waals surface area (Å²) in [6.45, 7) is 3.71. The third-order valence-corrected chi connectivity index (χ3v) is 14.0. The third-order valence-electron chi connectivity index (χ3n) is 14.0. The maximum Gasteiger partial charge on any atom is 0.220 e. The van der Waals surface area contributed by atoms with E-state index in [1.54, 1.807) is 0 Å². The van der Waals surface area contributed by atoms with Crippen LogP contribution < -0.4 is 5.32 Å². The van der Waals surface area contributed by atoms with Gasteiger partial charge in [-0.25, -0.2) is 0 Å². The minimum atomic E-state index is -1.56. The minimum Gasteiger partial charge on any atom is -0.394 e. The molecule has 9 nitrogen and oxygen atoms in total. The SMILES string of the molecule is CC/C=C\C/C=C\C/C=C\C/C=C\C/C=C\C/C=C\C/C=C\C/C=C\C/C=C\C/C=C\C/C=C\CCCCCCCCCC(=O)NC(COC1OC(CO)C(O)C(O)C1O)C(O)CCCCCCCCCCCCCCCC. The zero-order valence-corrected chi connectivity index (χ0v) is 49.4. The third kappa shape index (κ3) is 45.1. The first kappa shape index (κ1) is 72.3. The Hall–Kier alpha value is -3.67. The van der Waals surface area contributed by atoms with Crippen LogP contribution in [0.3, 0.4) is 0 Å². The molecule has 1 heterocycles. The normalized spacial score (nSPS) is 19.6. The van der Waals surface area contributed by atoms with Gasteiger partial charge >= 0.3 is 0 Å². The summed E-state index contributed by atoms with van der Waals surface area (Å²) < 4.78 is 11.3. The Balaban J connectivity index is 2.15. The van der Waals surface area contributed by atoms with Crippen LogP contribution in [0.2, 0.25) is 0 Å². The molecule has 0 saturated carbocycles. The standard InChI is InChI=1S/C69H115NO8/c1-3-5-7-9-11-13-15-17-19-20-21-22-23-24-25-26-27-28-29-30-31-32-33-34-35-36-37-38-39-40-41-42-43-44-45-47-49-51-53-55-57-59-65(73)70-62(61-77-69-68(76)67(75)66(74)64(60-71)78-69)63(72)58-56-54-52-50-48-46-18-16-14-12-10-8-6-4-2/h5,7,11,13,17,19,21-22,24-25,27-28,30-31,33-34,36-37,39-40,42-43,62-64,66-69,71-72,74-76H,3-4,6,8-10,12,14-16,18,20,23,26,29,32,35,38,41,44-61H2,1-2H3,(H,70,73)/b7-5-,13-11-,19-17-,22-21-,25-24-,28-27-,31-30-,34-33-,37-36-,40-39-,43-42-. The van der Waals surface area contributed by atoms with Crippen LogP contribution in [0.15, 0.2) is 134 Å². The number of aliphatic hydroxyl groups is 5. The fraction of sp³-hybridized carbons (Fsp3) is 0.667. The van der Waals surface area contributed by atoms with E-state index in [1.807, 2.05) is 0 Å². The number of ether oxygens (including phenoxy) is 2. The molecular weight excluding hydrogens is 971 g/mol. The molecule has 0 aromatic rings. The summed E-state index contributed by atoms with van der Waals surface area (Å²) in [7, 11) is 0. The first-order valence-corrected chi connectivity index (χ1v) is 31.4. The molecule has 1 fully saturated rings. The highest BCUT2D eigenvalue weighted by atomic mass is 16.7. The van der Waals surface area contributed by atoms with E-state index >= 15 is 0 Å². The fourth-order valence-electron chi connectivity index (χ4n) is 9.11. The molecule has 9 heteroatoms. The van der Waals surface area contributed by atoms with Crippen LogP contribution in [-0.4, -0.2) is 87.5 Å². The Labute approximate surface area is 477 Å². The van der Waals surface area contributed by atoms with Gasteiger partial charge in [-0.05, 0) is 96.3 Å². The van der Waals surface area contributed by atoms with Crippen molar-refractivity contribution in [3.05, 3.63) is 134 Å². The van der Waals surface area contributed by atoms with E-state index in [1.165, 1.54) is 89.9 Å². The van der Waals surface area contributed by atoms with Crippen LogP contribution in [-0.2, 0) is 14.3 Å². The van der Waals surface area contributed by atoms with Crippen molar-refractivity contribution in [2.24, 2.45) is 0 Å². The predicted molar refractivity (Wildman–Crippen MR) is 331 cm³/mol. The zero-order chi connectivity index (χ0) is 56.5. The number of carbonyl (C=O) groups is 1. The summed E-state index contributed by atoms with van der Waals surface area (Å²) in [5.41, 5.74) is 0. The van der Waals surface area contributed by atoms with Crippen molar-refractivity contribution in [3.8, 4) is 0 Å². The van der Waals surface area contributed by atoms with Gasteiger partial charge < -0.3 is 40.3 Å². The summed E-state index contributed by atoms with van der Waals surface area (Å²) in [6.07, 6.45) is 79.2. The van der Waals surface area contributed by atoms with Crippen molar-refractivity contribution in [3.63, 3.8) is 0 Å². The summed E-state index contributed by atoms with van der Waals surface area (Å²) in [4.78, 5) is 13.1.